The number of aryl methyl sites for hydroxylation is 1. The van der Waals surface area contributed by atoms with Crippen LogP contribution in [0.3, 0.4) is 0 Å². The molecular weight excluding hydrogens is 280 g/mol. The minimum atomic E-state index is -0.0510. The first kappa shape index (κ1) is 15.2. The van der Waals surface area contributed by atoms with Crippen molar-refractivity contribution in [2.75, 3.05) is 11.4 Å². The van der Waals surface area contributed by atoms with Crippen LogP contribution in [0.5, 0.6) is 0 Å². The molecule has 0 bridgehead atoms. The average molecular weight is 298 g/mol. The van der Waals surface area contributed by atoms with E-state index in [4.69, 9.17) is 18.0 Å². The number of para-hydroxylation sites is 1. The molecule has 0 radical (unpaired) electrons. The van der Waals surface area contributed by atoms with Crippen molar-refractivity contribution in [1.82, 2.24) is 0 Å². The molecule has 2 rings (SSSR count). The van der Waals surface area contributed by atoms with Gasteiger partial charge in [-0.25, -0.2) is 0 Å². The minimum Gasteiger partial charge on any atom is -0.389 e. The summed E-state index contributed by atoms with van der Waals surface area (Å²) in [5.74, 6) is -0.0510. The topological polar surface area (TPSA) is 46.3 Å². The van der Waals surface area contributed by atoms with Gasteiger partial charge in [0.1, 0.15) is 4.99 Å². The van der Waals surface area contributed by atoms with Crippen LogP contribution in [0, 0.1) is 6.92 Å². The van der Waals surface area contributed by atoms with Crippen LogP contribution >= 0.6 is 12.2 Å². The Balaban J connectivity index is 2.39. The molecule has 1 amide bonds. The van der Waals surface area contributed by atoms with E-state index in [0.717, 1.165) is 11.3 Å². The van der Waals surface area contributed by atoms with Crippen LogP contribution in [-0.4, -0.2) is 17.4 Å². The Bertz CT molecular complexity index is 682. The van der Waals surface area contributed by atoms with Gasteiger partial charge >= 0.3 is 0 Å². The van der Waals surface area contributed by atoms with E-state index in [2.05, 4.69) is 0 Å². The first-order valence-electron chi connectivity index (χ1n) is 6.82. The monoisotopic (exact) mass is 298 g/mol. The van der Waals surface area contributed by atoms with Crippen LogP contribution in [-0.2, 0) is 0 Å². The molecule has 0 atom stereocenters. The second kappa shape index (κ2) is 6.50. The van der Waals surface area contributed by atoms with Crippen molar-refractivity contribution in [3.05, 3.63) is 65.2 Å². The number of thiocarbonyl (C=S) groups is 1. The summed E-state index contributed by atoms with van der Waals surface area (Å²) in [6.07, 6.45) is 0. The van der Waals surface area contributed by atoms with Gasteiger partial charge in [0.2, 0.25) is 0 Å². The van der Waals surface area contributed by atoms with Gasteiger partial charge in [0.05, 0.1) is 0 Å². The third-order valence-corrected chi connectivity index (χ3v) is 3.60. The van der Waals surface area contributed by atoms with Crippen LogP contribution in [0.15, 0.2) is 48.5 Å². The third-order valence-electron chi connectivity index (χ3n) is 3.36. The molecule has 0 aromatic heterocycles. The molecule has 2 N–H and O–H groups in total. The largest absolute Gasteiger partial charge is 0.389 e. The zero-order chi connectivity index (χ0) is 15.4. The third kappa shape index (κ3) is 3.28. The predicted molar refractivity (Wildman–Crippen MR) is 90.9 cm³/mol. The van der Waals surface area contributed by atoms with Gasteiger partial charge in [0.25, 0.3) is 5.91 Å². The molecule has 3 nitrogen and oxygen atoms in total. The fourth-order valence-electron chi connectivity index (χ4n) is 2.25. The molecule has 0 heterocycles. The van der Waals surface area contributed by atoms with Gasteiger partial charge in [-0.15, -0.1) is 0 Å². The lowest BCUT2D eigenvalue weighted by molar-refractivity contribution is 0.0988. The molecule has 0 saturated carbocycles. The number of nitrogens with zero attached hydrogens (tertiary/aromatic N) is 1. The number of anilines is 1. The van der Waals surface area contributed by atoms with Crippen LogP contribution in [0.25, 0.3) is 0 Å². The molecule has 2 aromatic rings. The molecule has 0 fully saturated rings. The second-order valence-electron chi connectivity index (χ2n) is 4.78. The van der Waals surface area contributed by atoms with E-state index in [1.807, 2.05) is 44.2 Å². The molecule has 0 spiro atoms. The Morgan fingerprint density at radius 2 is 1.81 bits per heavy atom. The van der Waals surface area contributed by atoms with Crippen molar-refractivity contribution >= 4 is 28.8 Å². The molecule has 0 aliphatic carbocycles. The Kier molecular flexibility index (Phi) is 4.70. The predicted octanol–water partition coefficient (Wildman–Crippen LogP) is 3.30. The van der Waals surface area contributed by atoms with E-state index in [-0.39, 0.29) is 5.91 Å². The summed E-state index contributed by atoms with van der Waals surface area (Å²) in [6.45, 7) is 4.56. The molecule has 0 unspecified atom stereocenters. The van der Waals surface area contributed by atoms with E-state index in [1.165, 1.54) is 0 Å². The Labute approximate surface area is 130 Å². The van der Waals surface area contributed by atoms with E-state index < -0.39 is 0 Å². The normalized spacial score (nSPS) is 10.2. The van der Waals surface area contributed by atoms with Crippen LogP contribution in [0.4, 0.5) is 5.69 Å². The number of hydrogen-bond acceptors (Lipinski definition) is 2. The van der Waals surface area contributed by atoms with Crippen LogP contribution in [0.2, 0.25) is 0 Å². The second-order valence-corrected chi connectivity index (χ2v) is 5.22. The summed E-state index contributed by atoms with van der Waals surface area (Å²) in [4.78, 5) is 14.8. The summed E-state index contributed by atoms with van der Waals surface area (Å²) in [5, 5.41) is 0. The number of hydrogen-bond donors (Lipinski definition) is 1. The molecule has 0 aliphatic rings. The fraction of sp³-hybridized carbons (Fsp3) is 0.176. The fourth-order valence-corrected chi connectivity index (χ4v) is 2.38. The van der Waals surface area contributed by atoms with Crippen molar-refractivity contribution in [2.45, 2.75) is 13.8 Å². The quantitative estimate of drug-likeness (QED) is 0.881. The zero-order valence-corrected chi connectivity index (χ0v) is 13.0. The highest BCUT2D eigenvalue weighted by Crippen LogP contribution is 2.21. The number of benzene rings is 2. The van der Waals surface area contributed by atoms with Gasteiger partial charge in [0, 0.05) is 23.4 Å². The minimum absolute atomic E-state index is 0.0510. The number of rotatable bonds is 4. The average Bonchev–Trinajstić information content (AvgIpc) is 2.50. The summed E-state index contributed by atoms with van der Waals surface area (Å²) in [6, 6.07) is 15.0. The first-order valence-corrected chi connectivity index (χ1v) is 7.22. The maximum atomic E-state index is 12.7. The molecule has 2 aromatic carbocycles. The van der Waals surface area contributed by atoms with Crippen molar-refractivity contribution in [1.29, 1.82) is 0 Å². The number of amides is 1. The van der Waals surface area contributed by atoms with E-state index in [0.29, 0.717) is 22.7 Å². The molecule has 4 heteroatoms. The molecule has 108 valence electrons. The van der Waals surface area contributed by atoms with E-state index in [1.54, 1.807) is 23.1 Å². The van der Waals surface area contributed by atoms with Gasteiger partial charge in [-0.3, -0.25) is 4.79 Å². The summed E-state index contributed by atoms with van der Waals surface area (Å²) in [7, 11) is 0. The lowest BCUT2D eigenvalue weighted by Gasteiger charge is -2.23. The standard InChI is InChI=1S/C17H18N2OS/c1-3-19(15-10-5-4-7-12(15)2)17(20)14-9-6-8-13(11-14)16(18)21/h4-11H,3H2,1-2H3,(H2,18,21). The van der Waals surface area contributed by atoms with Gasteiger partial charge in [-0.1, -0.05) is 42.5 Å². The smallest absolute Gasteiger partial charge is 0.258 e. The Morgan fingerprint density at radius 3 is 2.43 bits per heavy atom. The first-order chi connectivity index (χ1) is 10.0. The SMILES string of the molecule is CCN(C(=O)c1cccc(C(N)=S)c1)c1ccccc1C. The summed E-state index contributed by atoms with van der Waals surface area (Å²) < 4.78 is 0. The van der Waals surface area contributed by atoms with E-state index >= 15 is 0 Å². The highest BCUT2D eigenvalue weighted by Gasteiger charge is 2.17. The highest BCUT2D eigenvalue weighted by molar-refractivity contribution is 7.80. The molecule has 0 saturated heterocycles. The van der Waals surface area contributed by atoms with Crippen molar-refractivity contribution < 1.29 is 4.79 Å². The van der Waals surface area contributed by atoms with Gasteiger partial charge < -0.3 is 10.6 Å². The lowest BCUT2D eigenvalue weighted by Crippen LogP contribution is -2.31. The molecular formula is C17H18N2OS. The van der Waals surface area contributed by atoms with Gasteiger partial charge in [-0.2, -0.15) is 0 Å². The molecule has 0 aliphatic heterocycles. The molecule has 21 heavy (non-hydrogen) atoms. The van der Waals surface area contributed by atoms with Crippen molar-refractivity contribution in [3.63, 3.8) is 0 Å². The van der Waals surface area contributed by atoms with Gasteiger partial charge in [0.15, 0.2) is 0 Å². The summed E-state index contributed by atoms with van der Waals surface area (Å²) in [5.41, 5.74) is 8.92. The number of carbonyl (C=O) groups is 1. The lowest BCUT2D eigenvalue weighted by atomic mass is 10.1. The maximum Gasteiger partial charge on any atom is 0.258 e. The Morgan fingerprint density at radius 1 is 1.14 bits per heavy atom. The van der Waals surface area contributed by atoms with Crippen LogP contribution in [0.1, 0.15) is 28.4 Å². The number of carbonyl (C=O) groups excluding carboxylic acids is 1. The Hall–Kier alpha value is -2.20. The van der Waals surface area contributed by atoms with Gasteiger partial charge in [-0.05, 0) is 37.6 Å². The van der Waals surface area contributed by atoms with Crippen molar-refractivity contribution in [2.24, 2.45) is 5.73 Å². The van der Waals surface area contributed by atoms with E-state index in [9.17, 15) is 4.79 Å². The van der Waals surface area contributed by atoms with Crippen molar-refractivity contribution in [3.8, 4) is 0 Å². The van der Waals surface area contributed by atoms with Crippen LogP contribution < -0.4 is 10.6 Å². The maximum absolute atomic E-state index is 12.7. The zero-order valence-electron chi connectivity index (χ0n) is 12.2. The number of nitrogens with two attached hydrogens (primary N) is 1. The highest BCUT2D eigenvalue weighted by atomic mass is 32.1. The summed E-state index contributed by atoms with van der Waals surface area (Å²) >= 11 is 4.97.